The molecule has 0 aliphatic carbocycles. The molecule has 3 aromatic rings. The minimum atomic E-state index is -4.17. The van der Waals surface area contributed by atoms with Crippen molar-refractivity contribution in [3.05, 3.63) is 88.0 Å². The average Bonchev–Trinajstić information content (AvgIpc) is 3.08. The topological polar surface area (TPSA) is 44.8 Å². The monoisotopic (exact) mass is 662 g/mol. The Hall–Kier alpha value is -2.71. The Kier molecular flexibility index (Phi) is 17.6. The Balaban J connectivity index is 2.17. The fourth-order valence-electron chi connectivity index (χ4n) is 6.31. The number of benzene rings is 3. The van der Waals surface area contributed by atoms with Crippen LogP contribution >= 0.6 is 7.82 Å². The van der Waals surface area contributed by atoms with Crippen molar-refractivity contribution in [3.8, 4) is 17.2 Å². The number of unbranched alkanes of at least 4 members (excludes halogenated alkanes) is 6. The van der Waals surface area contributed by atoms with Gasteiger partial charge in [0.25, 0.3) is 0 Å². The van der Waals surface area contributed by atoms with Crippen molar-refractivity contribution in [2.75, 3.05) is 0 Å². The fourth-order valence-corrected chi connectivity index (χ4v) is 7.62. The second kappa shape index (κ2) is 21.3. The summed E-state index contributed by atoms with van der Waals surface area (Å²) >= 11 is 0. The highest BCUT2D eigenvalue weighted by molar-refractivity contribution is 7.49. The number of hydrogen-bond acceptors (Lipinski definition) is 4. The summed E-state index contributed by atoms with van der Waals surface area (Å²) in [5.41, 5.74) is 7.84. The number of aryl methyl sites for hydroxylation is 2. The molecule has 0 amide bonds. The van der Waals surface area contributed by atoms with Crippen LogP contribution in [0.25, 0.3) is 0 Å². The highest BCUT2D eigenvalue weighted by Crippen LogP contribution is 2.52. The van der Waals surface area contributed by atoms with Crippen molar-refractivity contribution in [1.29, 1.82) is 0 Å². The first-order chi connectivity index (χ1) is 22.9. The van der Waals surface area contributed by atoms with Gasteiger partial charge in [-0.15, -0.1) is 0 Å². The summed E-state index contributed by atoms with van der Waals surface area (Å²) < 4.78 is 34.6. The van der Waals surface area contributed by atoms with Gasteiger partial charge in [-0.3, -0.25) is 0 Å². The molecule has 0 saturated heterocycles. The minimum Gasteiger partial charge on any atom is -0.386 e. The van der Waals surface area contributed by atoms with Gasteiger partial charge >= 0.3 is 7.82 Å². The molecule has 0 fully saturated rings. The van der Waals surface area contributed by atoms with Gasteiger partial charge in [-0.2, -0.15) is 4.57 Å². The minimum absolute atomic E-state index is 0.470. The van der Waals surface area contributed by atoms with E-state index in [1.807, 2.05) is 42.5 Å². The van der Waals surface area contributed by atoms with Crippen molar-refractivity contribution in [1.82, 2.24) is 0 Å². The van der Waals surface area contributed by atoms with Crippen molar-refractivity contribution >= 4 is 7.82 Å². The van der Waals surface area contributed by atoms with Crippen LogP contribution in [-0.4, -0.2) is 0 Å². The zero-order valence-electron chi connectivity index (χ0n) is 30.5. The van der Waals surface area contributed by atoms with Crippen molar-refractivity contribution < 1.29 is 18.1 Å². The summed E-state index contributed by atoms with van der Waals surface area (Å²) in [7, 11) is -4.17. The maximum absolute atomic E-state index is 15.1. The van der Waals surface area contributed by atoms with Gasteiger partial charge in [-0.1, -0.05) is 110 Å². The smallest absolute Gasteiger partial charge is 0.386 e. The molecule has 4 nitrogen and oxygen atoms in total. The van der Waals surface area contributed by atoms with Gasteiger partial charge < -0.3 is 13.6 Å². The zero-order valence-corrected chi connectivity index (χ0v) is 31.4. The van der Waals surface area contributed by atoms with Crippen LogP contribution < -0.4 is 13.6 Å². The van der Waals surface area contributed by atoms with Gasteiger partial charge in [0.05, 0.1) is 0 Å². The van der Waals surface area contributed by atoms with E-state index in [1.165, 1.54) is 33.4 Å². The Morgan fingerprint density at radius 1 is 0.426 bits per heavy atom. The number of phosphoric ester groups is 1. The molecular weight excluding hydrogens is 599 g/mol. The molecule has 0 atom stereocenters. The first-order valence-electron chi connectivity index (χ1n) is 18.9. The third-order valence-electron chi connectivity index (χ3n) is 9.07. The van der Waals surface area contributed by atoms with Crippen LogP contribution in [0, 0.1) is 0 Å². The van der Waals surface area contributed by atoms with E-state index in [0.717, 1.165) is 116 Å². The molecule has 0 radical (unpaired) electrons. The molecule has 0 aromatic heterocycles. The van der Waals surface area contributed by atoms with Gasteiger partial charge in [0.15, 0.2) is 0 Å². The molecule has 0 saturated carbocycles. The Bertz CT molecular complexity index is 1290. The second-order valence-electron chi connectivity index (χ2n) is 13.0. The number of hydrogen-bond donors (Lipinski definition) is 0. The predicted octanol–water partition coefficient (Wildman–Crippen LogP) is 13.4. The molecule has 47 heavy (non-hydrogen) atoms. The third kappa shape index (κ3) is 12.0. The SMILES string of the molecule is CCCCc1ccc(OP(=O)(Oc2ccccc2)Oc2ccc(CCCC)c(CCCC)c2CCCC)c(CCCC)c1CCCC. The molecule has 260 valence electrons. The lowest BCUT2D eigenvalue weighted by atomic mass is 9.90. The number of phosphoric acid groups is 1. The Labute approximate surface area is 287 Å². The molecule has 0 heterocycles. The van der Waals surface area contributed by atoms with Crippen LogP contribution in [0.4, 0.5) is 0 Å². The lowest BCUT2D eigenvalue weighted by Crippen LogP contribution is -2.12. The molecule has 0 spiro atoms. The Morgan fingerprint density at radius 3 is 1.17 bits per heavy atom. The van der Waals surface area contributed by atoms with E-state index in [0.29, 0.717) is 17.2 Å². The van der Waals surface area contributed by atoms with E-state index in [2.05, 4.69) is 53.7 Å². The van der Waals surface area contributed by atoms with Crippen molar-refractivity contribution in [3.63, 3.8) is 0 Å². The molecule has 0 bridgehead atoms. The van der Waals surface area contributed by atoms with Gasteiger partial charge in [0, 0.05) is 0 Å². The highest BCUT2D eigenvalue weighted by Gasteiger charge is 2.36. The van der Waals surface area contributed by atoms with Crippen LogP contribution in [-0.2, 0) is 43.1 Å². The molecule has 0 aliphatic rings. The predicted molar refractivity (Wildman–Crippen MR) is 200 cm³/mol. The van der Waals surface area contributed by atoms with E-state index in [9.17, 15) is 0 Å². The third-order valence-corrected chi connectivity index (χ3v) is 10.3. The average molecular weight is 663 g/mol. The van der Waals surface area contributed by atoms with E-state index < -0.39 is 7.82 Å². The first-order valence-corrected chi connectivity index (χ1v) is 20.4. The Morgan fingerprint density at radius 2 is 0.787 bits per heavy atom. The summed E-state index contributed by atoms with van der Waals surface area (Å²) in [4.78, 5) is 0. The van der Waals surface area contributed by atoms with E-state index in [4.69, 9.17) is 13.6 Å². The van der Waals surface area contributed by atoms with E-state index in [1.54, 1.807) is 0 Å². The van der Waals surface area contributed by atoms with E-state index in [-0.39, 0.29) is 0 Å². The molecule has 3 rings (SSSR count). The number of para-hydroxylation sites is 1. The van der Waals surface area contributed by atoms with Crippen LogP contribution in [0.3, 0.4) is 0 Å². The lowest BCUT2D eigenvalue weighted by molar-refractivity contribution is 0.296. The van der Waals surface area contributed by atoms with E-state index >= 15 is 4.57 Å². The summed E-state index contributed by atoms with van der Waals surface area (Å²) in [6.07, 6.45) is 19.2. The van der Waals surface area contributed by atoms with Gasteiger partial charge in [-0.25, -0.2) is 0 Å². The summed E-state index contributed by atoms with van der Waals surface area (Å²) in [5, 5.41) is 0. The van der Waals surface area contributed by atoms with Crippen LogP contribution in [0.15, 0.2) is 54.6 Å². The van der Waals surface area contributed by atoms with Crippen molar-refractivity contribution in [2.45, 2.75) is 157 Å². The van der Waals surface area contributed by atoms with Gasteiger partial charge in [0.1, 0.15) is 17.2 Å². The maximum atomic E-state index is 15.1. The van der Waals surface area contributed by atoms with Crippen LogP contribution in [0.1, 0.15) is 152 Å². The summed E-state index contributed by atoms with van der Waals surface area (Å²) in [6.45, 7) is 13.4. The van der Waals surface area contributed by atoms with Gasteiger partial charge in [-0.05, 0) is 135 Å². The standard InChI is InChI=1S/C42H63O4P/c1-7-13-22-34-30-32-41(39(28-17-11-5)37(34)26-15-9-3)45-47(43,44-36-24-20-19-21-25-36)46-42-33-31-35(23-14-8-2)38(27-16-10-4)40(42)29-18-12-6/h19-21,24-25,30-33H,7-18,22-23,26-29H2,1-6H3. The van der Waals surface area contributed by atoms with Crippen molar-refractivity contribution in [2.24, 2.45) is 0 Å². The molecule has 5 heteroatoms. The highest BCUT2D eigenvalue weighted by atomic mass is 31.2. The molecule has 0 N–H and O–H groups in total. The molecule has 0 unspecified atom stereocenters. The van der Waals surface area contributed by atoms with Gasteiger partial charge in [0.2, 0.25) is 0 Å². The largest absolute Gasteiger partial charge is 0.647 e. The number of rotatable bonds is 24. The second-order valence-corrected chi connectivity index (χ2v) is 14.5. The quantitative estimate of drug-likeness (QED) is 0.0896. The zero-order chi connectivity index (χ0) is 33.9. The lowest BCUT2D eigenvalue weighted by Gasteiger charge is -2.25. The fraction of sp³-hybridized carbons (Fsp3) is 0.571. The summed E-state index contributed by atoms with van der Waals surface area (Å²) in [6, 6.07) is 17.8. The normalized spacial score (nSPS) is 11.5. The molecule has 3 aromatic carbocycles. The van der Waals surface area contributed by atoms with Crippen LogP contribution in [0.5, 0.6) is 17.2 Å². The first kappa shape index (κ1) is 38.7. The maximum Gasteiger partial charge on any atom is 0.647 e. The summed E-state index contributed by atoms with van der Waals surface area (Å²) in [5.74, 6) is 1.73. The molecule has 0 aliphatic heterocycles. The molecular formula is C42H63O4P. The van der Waals surface area contributed by atoms with Crippen LogP contribution in [0.2, 0.25) is 0 Å².